The molecule has 0 aliphatic carbocycles. The molecule has 0 aromatic heterocycles. The van der Waals surface area contributed by atoms with Crippen LogP contribution in [-0.2, 0) is 4.74 Å². The molecule has 2 unspecified atom stereocenters. The number of hydrogen-bond acceptors (Lipinski definition) is 1. The van der Waals surface area contributed by atoms with Gasteiger partial charge in [0.05, 0.1) is 0 Å². The second-order valence-corrected chi connectivity index (χ2v) is 3.29. The molecule has 1 saturated heterocycles. The minimum absolute atomic E-state index is 2.34. The van der Waals surface area contributed by atoms with Crippen molar-refractivity contribution in [3.63, 3.8) is 0 Å². The molecular formula is C6HF11O. The first-order valence-electron chi connectivity index (χ1n) is 3.83. The van der Waals surface area contributed by atoms with E-state index in [-0.39, 0.29) is 0 Å². The van der Waals surface area contributed by atoms with Crippen LogP contribution in [0.15, 0.2) is 0 Å². The number of epoxide rings is 1. The Kier molecular flexibility index (Phi) is 2.87. The van der Waals surface area contributed by atoms with E-state index in [2.05, 4.69) is 4.74 Å². The van der Waals surface area contributed by atoms with Gasteiger partial charge < -0.3 is 0 Å². The Morgan fingerprint density at radius 2 is 1.17 bits per heavy atom. The van der Waals surface area contributed by atoms with E-state index in [0.717, 1.165) is 0 Å². The third kappa shape index (κ3) is 1.50. The van der Waals surface area contributed by atoms with Crippen molar-refractivity contribution in [3.8, 4) is 0 Å². The van der Waals surface area contributed by atoms with E-state index in [1.807, 2.05) is 0 Å². The zero-order valence-corrected chi connectivity index (χ0v) is 7.64. The van der Waals surface area contributed by atoms with Gasteiger partial charge in [0.25, 0.3) is 0 Å². The monoisotopic (exact) mass is 298 g/mol. The lowest BCUT2D eigenvalue weighted by Gasteiger charge is -2.27. The molecule has 18 heavy (non-hydrogen) atoms. The smallest absolute Gasteiger partial charge is 0.286 e. The summed E-state index contributed by atoms with van der Waals surface area (Å²) in [6.45, 7) is 0. The first kappa shape index (κ1) is 15.2. The Hall–Kier alpha value is -0.810. The lowest BCUT2D eigenvalue weighted by molar-refractivity contribution is -0.314. The fourth-order valence-corrected chi connectivity index (χ4v) is 1.03. The Bertz CT molecular complexity index is 348. The van der Waals surface area contributed by atoms with Gasteiger partial charge in [0.15, 0.2) is 0 Å². The standard InChI is InChI=1S/C6HF11O/c7-1(8)2(9,10)3(11,12)4(13)5(14,18-4)6(15,16)17/h1H. The summed E-state index contributed by atoms with van der Waals surface area (Å²) in [4.78, 5) is 0. The van der Waals surface area contributed by atoms with Crippen molar-refractivity contribution in [2.75, 3.05) is 0 Å². The molecule has 0 aromatic carbocycles. The average molecular weight is 298 g/mol. The van der Waals surface area contributed by atoms with E-state index in [1.165, 1.54) is 0 Å². The lowest BCUT2D eigenvalue weighted by Crippen LogP contribution is -2.57. The molecule has 0 amide bonds. The van der Waals surface area contributed by atoms with Crippen LogP contribution in [0.4, 0.5) is 48.3 Å². The van der Waals surface area contributed by atoms with Gasteiger partial charge in [0.1, 0.15) is 0 Å². The molecule has 1 rings (SSSR count). The third-order valence-electron chi connectivity index (χ3n) is 2.11. The predicted molar refractivity (Wildman–Crippen MR) is 30.7 cm³/mol. The highest BCUT2D eigenvalue weighted by Crippen LogP contribution is 2.68. The molecule has 1 fully saturated rings. The van der Waals surface area contributed by atoms with E-state index in [0.29, 0.717) is 0 Å². The number of rotatable bonds is 3. The van der Waals surface area contributed by atoms with Crippen molar-refractivity contribution in [2.24, 2.45) is 0 Å². The first-order chi connectivity index (χ1) is 7.65. The summed E-state index contributed by atoms with van der Waals surface area (Å²) in [5.41, 5.74) is 0. The largest absolute Gasteiger partial charge is 0.455 e. The van der Waals surface area contributed by atoms with Crippen LogP contribution in [0.3, 0.4) is 0 Å². The normalized spacial score (nSPS) is 34.0. The summed E-state index contributed by atoms with van der Waals surface area (Å²) in [6, 6.07) is 0. The van der Waals surface area contributed by atoms with Crippen LogP contribution in [0.1, 0.15) is 0 Å². The number of alkyl halides is 11. The van der Waals surface area contributed by atoms with Crippen LogP contribution in [0.5, 0.6) is 0 Å². The zero-order chi connectivity index (χ0) is 14.8. The lowest BCUT2D eigenvalue weighted by atomic mass is 10.0. The third-order valence-corrected chi connectivity index (χ3v) is 2.11. The fraction of sp³-hybridized carbons (Fsp3) is 1.00. The maximum Gasteiger partial charge on any atom is 0.455 e. The van der Waals surface area contributed by atoms with Gasteiger partial charge in [-0.3, -0.25) is 4.74 Å². The summed E-state index contributed by atoms with van der Waals surface area (Å²) >= 11 is 0. The Morgan fingerprint density at radius 1 is 0.778 bits per heavy atom. The van der Waals surface area contributed by atoms with E-state index in [1.54, 1.807) is 0 Å². The topological polar surface area (TPSA) is 12.5 Å². The molecular weight excluding hydrogens is 297 g/mol. The van der Waals surface area contributed by atoms with Gasteiger partial charge in [-0.2, -0.15) is 39.5 Å². The van der Waals surface area contributed by atoms with Crippen LogP contribution in [0, 0.1) is 0 Å². The second kappa shape index (κ2) is 3.39. The summed E-state index contributed by atoms with van der Waals surface area (Å²) < 4.78 is 136. The number of halogens is 11. The number of hydrogen-bond donors (Lipinski definition) is 0. The van der Waals surface area contributed by atoms with E-state index < -0.39 is 36.2 Å². The van der Waals surface area contributed by atoms with Gasteiger partial charge >= 0.3 is 36.2 Å². The van der Waals surface area contributed by atoms with Gasteiger partial charge in [-0.15, -0.1) is 0 Å². The summed E-state index contributed by atoms with van der Waals surface area (Å²) in [5, 5.41) is 0. The van der Waals surface area contributed by atoms with Gasteiger partial charge in [0, 0.05) is 0 Å². The number of ether oxygens (including phenoxy) is 1. The quantitative estimate of drug-likeness (QED) is 0.574. The zero-order valence-electron chi connectivity index (χ0n) is 7.64. The summed E-state index contributed by atoms with van der Waals surface area (Å²) in [6.07, 6.45) is -11.6. The molecule has 0 bridgehead atoms. The molecule has 0 saturated carbocycles. The molecule has 108 valence electrons. The van der Waals surface area contributed by atoms with Crippen LogP contribution < -0.4 is 0 Å². The van der Waals surface area contributed by atoms with Crippen molar-refractivity contribution in [1.82, 2.24) is 0 Å². The van der Waals surface area contributed by atoms with Crippen molar-refractivity contribution < 1.29 is 53.0 Å². The van der Waals surface area contributed by atoms with E-state index in [4.69, 9.17) is 0 Å². The fourth-order valence-electron chi connectivity index (χ4n) is 1.03. The molecule has 1 aliphatic heterocycles. The second-order valence-electron chi connectivity index (χ2n) is 3.29. The maximum atomic E-state index is 12.8. The van der Waals surface area contributed by atoms with Gasteiger partial charge in [0.2, 0.25) is 0 Å². The van der Waals surface area contributed by atoms with E-state index >= 15 is 0 Å². The predicted octanol–water partition coefficient (Wildman–Crippen LogP) is 3.45. The molecule has 2 atom stereocenters. The minimum Gasteiger partial charge on any atom is -0.286 e. The van der Waals surface area contributed by atoms with E-state index in [9.17, 15) is 48.3 Å². The van der Waals surface area contributed by atoms with Crippen LogP contribution in [-0.4, -0.2) is 36.2 Å². The molecule has 12 heteroatoms. The van der Waals surface area contributed by atoms with Gasteiger partial charge in [-0.25, -0.2) is 8.78 Å². The molecule has 1 nitrogen and oxygen atoms in total. The molecule has 0 spiro atoms. The van der Waals surface area contributed by atoms with Crippen molar-refractivity contribution in [2.45, 2.75) is 36.2 Å². The van der Waals surface area contributed by atoms with Crippen molar-refractivity contribution >= 4 is 0 Å². The van der Waals surface area contributed by atoms with Crippen molar-refractivity contribution in [1.29, 1.82) is 0 Å². The molecule has 1 aliphatic rings. The maximum absolute atomic E-state index is 12.8. The molecule has 0 radical (unpaired) electrons. The Balaban J connectivity index is 3.18. The van der Waals surface area contributed by atoms with Gasteiger partial charge in [-0.05, 0) is 0 Å². The molecule has 1 heterocycles. The molecule has 0 N–H and O–H groups in total. The van der Waals surface area contributed by atoms with Gasteiger partial charge in [-0.1, -0.05) is 0 Å². The average Bonchev–Trinajstić information content (AvgIpc) is 2.71. The van der Waals surface area contributed by atoms with Crippen LogP contribution in [0.2, 0.25) is 0 Å². The highest BCUT2D eigenvalue weighted by Gasteiger charge is 2.99. The molecule has 0 aromatic rings. The first-order valence-corrected chi connectivity index (χ1v) is 3.83. The highest BCUT2D eigenvalue weighted by molar-refractivity contribution is 5.17. The van der Waals surface area contributed by atoms with Crippen LogP contribution >= 0.6 is 0 Å². The minimum atomic E-state index is -6.71. The summed E-state index contributed by atoms with van der Waals surface area (Å²) in [5.74, 6) is -24.9. The SMILES string of the molecule is FC(F)C(F)(F)C(F)(F)C1(F)OC1(F)C(F)(F)F. The Morgan fingerprint density at radius 3 is 1.39 bits per heavy atom. The van der Waals surface area contributed by atoms with Crippen LogP contribution in [0.25, 0.3) is 0 Å². The van der Waals surface area contributed by atoms with Crippen molar-refractivity contribution in [3.05, 3.63) is 0 Å². The Labute approximate surface area is 90.5 Å². The highest BCUT2D eigenvalue weighted by atomic mass is 19.4. The summed E-state index contributed by atoms with van der Waals surface area (Å²) in [7, 11) is 0.